The third kappa shape index (κ3) is 4.38. The van der Waals surface area contributed by atoms with Gasteiger partial charge in [-0.15, -0.1) is 0 Å². The fourth-order valence-electron chi connectivity index (χ4n) is 4.54. The number of aryl methyl sites for hydroxylation is 2. The predicted octanol–water partition coefficient (Wildman–Crippen LogP) is 3.06. The Morgan fingerprint density at radius 2 is 1.89 bits per heavy atom. The lowest BCUT2D eigenvalue weighted by atomic mass is 9.89. The van der Waals surface area contributed by atoms with E-state index >= 15 is 0 Å². The van der Waals surface area contributed by atoms with E-state index in [4.69, 9.17) is 4.74 Å². The number of amides is 2. The molecule has 0 aromatic heterocycles. The van der Waals surface area contributed by atoms with Crippen LogP contribution in [0.3, 0.4) is 0 Å². The number of piperidine rings is 1. The summed E-state index contributed by atoms with van der Waals surface area (Å²) in [5.74, 6) is 0.780. The summed E-state index contributed by atoms with van der Waals surface area (Å²) < 4.78 is 5.10. The highest BCUT2D eigenvalue weighted by Crippen LogP contribution is 2.31. The van der Waals surface area contributed by atoms with E-state index in [1.807, 2.05) is 32.0 Å². The zero-order chi connectivity index (χ0) is 20.4. The number of hydrogen-bond acceptors (Lipinski definition) is 4. The van der Waals surface area contributed by atoms with Crippen LogP contribution in [0.25, 0.3) is 0 Å². The summed E-state index contributed by atoms with van der Waals surface area (Å²) in [7, 11) is 1.38. The first-order valence-electron chi connectivity index (χ1n) is 9.96. The Labute approximate surface area is 167 Å². The van der Waals surface area contributed by atoms with Crippen molar-refractivity contribution in [2.45, 2.75) is 40.2 Å². The lowest BCUT2D eigenvalue weighted by Crippen LogP contribution is -2.50. The van der Waals surface area contributed by atoms with Crippen molar-refractivity contribution >= 4 is 12.0 Å². The molecule has 0 spiro atoms. The maximum atomic E-state index is 12.7. The molecule has 2 heterocycles. The van der Waals surface area contributed by atoms with E-state index in [1.165, 1.54) is 13.5 Å². The minimum absolute atomic E-state index is 0.285. The molecule has 0 radical (unpaired) electrons. The van der Waals surface area contributed by atoms with Crippen molar-refractivity contribution in [3.05, 3.63) is 46.2 Å². The van der Waals surface area contributed by atoms with Gasteiger partial charge in [-0.2, -0.15) is 0 Å². The Bertz CT molecular complexity index is 792. The lowest BCUT2D eigenvalue weighted by Gasteiger charge is -2.37. The fraction of sp³-hybridized carbons (Fsp3) is 0.545. The molecule has 28 heavy (non-hydrogen) atoms. The zero-order valence-corrected chi connectivity index (χ0v) is 17.5. The van der Waals surface area contributed by atoms with E-state index < -0.39 is 12.0 Å². The van der Waals surface area contributed by atoms with Gasteiger partial charge in [0.2, 0.25) is 0 Å². The molecule has 0 saturated carbocycles. The van der Waals surface area contributed by atoms with E-state index in [0.29, 0.717) is 29.7 Å². The second-order valence-corrected chi connectivity index (χ2v) is 8.42. The Kier molecular flexibility index (Phi) is 6.08. The van der Waals surface area contributed by atoms with Gasteiger partial charge in [0.05, 0.1) is 18.7 Å². The van der Waals surface area contributed by atoms with Crippen molar-refractivity contribution in [3.8, 4) is 0 Å². The molecule has 0 bridgehead atoms. The first-order valence-corrected chi connectivity index (χ1v) is 9.96. The Morgan fingerprint density at radius 3 is 2.54 bits per heavy atom. The molecule has 0 aliphatic carbocycles. The van der Waals surface area contributed by atoms with Crippen molar-refractivity contribution in [1.29, 1.82) is 0 Å². The number of nitrogens with zero attached hydrogens (tertiary/aromatic N) is 1. The SMILES string of the molecule is COC(=O)C1=C(CN2C[C@@H](C)C[C@H](C)C2)NC(=O)N[C@@H]1c1cc(C)ccc1C. The topological polar surface area (TPSA) is 70.7 Å². The van der Waals surface area contributed by atoms with E-state index in [0.717, 1.165) is 29.8 Å². The molecule has 0 unspecified atom stereocenters. The number of likely N-dealkylation sites (tertiary alicyclic amines) is 1. The normalized spacial score (nSPS) is 25.9. The number of nitrogens with one attached hydrogen (secondary N) is 2. The molecule has 1 fully saturated rings. The second-order valence-electron chi connectivity index (χ2n) is 8.42. The van der Waals surface area contributed by atoms with Gasteiger partial charge in [-0.3, -0.25) is 4.90 Å². The average Bonchev–Trinajstić information content (AvgIpc) is 2.61. The van der Waals surface area contributed by atoms with Crippen molar-refractivity contribution < 1.29 is 14.3 Å². The molecule has 6 heteroatoms. The Morgan fingerprint density at radius 1 is 1.21 bits per heavy atom. The van der Waals surface area contributed by atoms with Gasteiger partial charge in [0, 0.05) is 25.3 Å². The minimum Gasteiger partial charge on any atom is -0.466 e. The largest absolute Gasteiger partial charge is 0.466 e. The van der Waals surface area contributed by atoms with E-state index in [1.54, 1.807) is 0 Å². The molecule has 3 rings (SSSR count). The maximum Gasteiger partial charge on any atom is 0.338 e. The number of carbonyl (C=O) groups excluding carboxylic acids is 2. The summed E-state index contributed by atoms with van der Waals surface area (Å²) in [5.41, 5.74) is 4.16. The lowest BCUT2D eigenvalue weighted by molar-refractivity contribution is -0.136. The van der Waals surface area contributed by atoms with Crippen LogP contribution in [0.5, 0.6) is 0 Å². The fourth-order valence-corrected chi connectivity index (χ4v) is 4.54. The summed E-state index contributed by atoms with van der Waals surface area (Å²) >= 11 is 0. The van der Waals surface area contributed by atoms with Crippen molar-refractivity contribution in [2.24, 2.45) is 11.8 Å². The molecule has 2 amide bonds. The highest BCUT2D eigenvalue weighted by molar-refractivity contribution is 5.95. The van der Waals surface area contributed by atoms with Crippen LogP contribution in [0, 0.1) is 25.7 Å². The number of urea groups is 1. The quantitative estimate of drug-likeness (QED) is 0.782. The number of carbonyl (C=O) groups is 2. The smallest absolute Gasteiger partial charge is 0.338 e. The summed E-state index contributed by atoms with van der Waals surface area (Å²) in [5, 5.41) is 5.80. The van der Waals surface area contributed by atoms with Crippen LogP contribution in [0.2, 0.25) is 0 Å². The molecule has 152 valence electrons. The third-order valence-electron chi connectivity index (χ3n) is 5.63. The van der Waals surface area contributed by atoms with Crippen LogP contribution in [0.4, 0.5) is 4.79 Å². The van der Waals surface area contributed by atoms with Crippen molar-refractivity contribution in [2.75, 3.05) is 26.7 Å². The van der Waals surface area contributed by atoms with Gasteiger partial charge in [0.25, 0.3) is 0 Å². The second kappa shape index (κ2) is 8.35. The molecular formula is C22H31N3O3. The monoisotopic (exact) mass is 385 g/mol. The van der Waals surface area contributed by atoms with Gasteiger partial charge in [-0.1, -0.05) is 37.6 Å². The van der Waals surface area contributed by atoms with Crippen molar-refractivity contribution in [1.82, 2.24) is 15.5 Å². The highest BCUT2D eigenvalue weighted by Gasteiger charge is 2.35. The van der Waals surface area contributed by atoms with Crippen molar-refractivity contribution in [3.63, 3.8) is 0 Å². The molecule has 2 aliphatic rings. The van der Waals surface area contributed by atoms with Gasteiger partial charge in [-0.25, -0.2) is 9.59 Å². The van der Waals surface area contributed by atoms with Crippen LogP contribution < -0.4 is 10.6 Å². The van der Waals surface area contributed by atoms with E-state index in [-0.39, 0.29) is 6.03 Å². The minimum atomic E-state index is -0.518. The molecule has 1 saturated heterocycles. The average molecular weight is 386 g/mol. The highest BCUT2D eigenvalue weighted by atomic mass is 16.5. The van der Waals surface area contributed by atoms with Gasteiger partial charge < -0.3 is 15.4 Å². The van der Waals surface area contributed by atoms with Crippen LogP contribution in [-0.2, 0) is 9.53 Å². The zero-order valence-electron chi connectivity index (χ0n) is 17.5. The number of esters is 1. The maximum absolute atomic E-state index is 12.7. The van der Waals surface area contributed by atoms with Gasteiger partial charge in [-0.05, 0) is 43.2 Å². The molecule has 3 atom stereocenters. The predicted molar refractivity (Wildman–Crippen MR) is 109 cm³/mol. The molecule has 1 aromatic rings. The van der Waals surface area contributed by atoms with Crippen LogP contribution in [0.15, 0.2) is 29.5 Å². The third-order valence-corrected chi connectivity index (χ3v) is 5.63. The summed E-state index contributed by atoms with van der Waals surface area (Å²) in [6.45, 7) is 10.9. The van der Waals surface area contributed by atoms with Gasteiger partial charge in [0.15, 0.2) is 0 Å². The number of benzene rings is 1. The van der Waals surface area contributed by atoms with E-state index in [9.17, 15) is 9.59 Å². The molecule has 2 N–H and O–H groups in total. The standard InChI is InChI=1S/C22H31N3O3/c1-13-6-7-16(4)17(9-13)20-19(21(26)28-5)18(23-22(27)24-20)12-25-10-14(2)8-15(3)11-25/h6-7,9,14-15,20H,8,10-12H2,1-5H3,(H2,23,24,27)/t14-,15-,20+/m0/s1. The first kappa shape index (κ1) is 20.4. The van der Waals surface area contributed by atoms with Gasteiger partial charge >= 0.3 is 12.0 Å². The summed E-state index contributed by atoms with van der Waals surface area (Å²) in [6, 6.07) is 5.27. The van der Waals surface area contributed by atoms with E-state index in [2.05, 4.69) is 29.4 Å². The molecular weight excluding hydrogens is 354 g/mol. The number of rotatable bonds is 4. The molecule has 6 nitrogen and oxygen atoms in total. The Hall–Kier alpha value is -2.34. The first-order chi connectivity index (χ1) is 13.3. The summed E-state index contributed by atoms with van der Waals surface area (Å²) in [4.78, 5) is 27.5. The molecule has 1 aromatic carbocycles. The van der Waals surface area contributed by atoms with Crippen LogP contribution in [-0.4, -0.2) is 43.6 Å². The Balaban J connectivity index is 2.02. The number of methoxy groups -OCH3 is 1. The number of hydrogen-bond donors (Lipinski definition) is 2. The molecule has 2 aliphatic heterocycles. The van der Waals surface area contributed by atoms with Crippen LogP contribution in [0.1, 0.15) is 43.0 Å². The summed E-state index contributed by atoms with van der Waals surface area (Å²) in [6.07, 6.45) is 1.21. The van der Waals surface area contributed by atoms with Gasteiger partial charge in [0.1, 0.15) is 0 Å². The van der Waals surface area contributed by atoms with Crippen LogP contribution >= 0.6 is 0 Å². The number of ether oxygens (including phenoxy) is 1.